The SMILES string of the molecule is Nc1ccc(C(=O)OCCBr)cc1. The minimum atomic E-state index is -0.320. The van der Waals surface area contributed by atoms with Gasteiger partial charge in [0.1, 0.15) is 6.61 Å². The molecular weight excluding hydrogens is 234 g/mol. The van der Waals surface area contributed by atoms with Gasteiger partial charge in [-0.1, -0.05) is 15.9 Å². The maximum atomic E-state index is 11.2. The van der Waals surface area contributed by atoms with Crippen LogP contribution in [0, 0.1) is 0 Å². The fourth-order valence-corrected chi connectivity index (χ4v) is 0.996. The van der Waals surface area contributed by atoms with Crippen LogP contribution in [0.15, 0.2) is 24.3 Å². The number of rotatable bonds is 3. The first-order chi connectivity index (χ1) is 6.24. The average molecular weight is 244 g/mol. The highest BCUT2D eigenvalue weighted by atomic mass is 79.9. The summed E-state index contributed by atoms with van der Waals surface area (Å²) < 4.78 is 4.89. The molecule has 3 nitrogen and oxygen atoms in total. The second-order valence-electron chi connectivity index (χ2n) is 2.45. The molecule has 1 aromatic carbocycles. The van der Waals surface area contributed by atoms with E-state index in [2.05, 4.69) is 15.9 Å². The number of benzene rings is 1. The van der Waals surface area contributed by atoms with Crippen molar-refractivity contribution in [1.29, 1.82) is 0 Å². The summed E-state index contributed by atoms with van der Waals surface area (Å²) in [6.07, 6.45) is 0. The van der Waals surface area contributed by atoms with Crippen LogP contribution < -0.4 is 5.73 Å². The summed E-state index contributed by atoms with van der Waals surface area (Å²) in [7, 11) is 0. The van der Waals surface area contributed by atoms with E-state index in [0.717, 1.165) is 0 Å². The number of nitrogen functional groups attached to an aromatic ring is 1. The molecule has 0 aliphatic heterocycles. The van der Waals surface area contributed by atoms with E-state index in [1.807, 2.05) is 0 Å². The van der Waals surface area contributed by atoms with Crippen molar-refractivity contribution in [3.8, 4) is 0 Å². The van der Waals surface area contributed by atoms with Crippen LogP contribution >= 0.6 is 15.9 Å². The van der Waals surface area contributed by atoms with Gasteiger partial charge in [0.05, 0.1) is 5.56 Å². The van der Waals surface area contributed by atoms with Gasteiger partial charge in [-0.25, -0.2) is 4.79 Å². The summed E-state index contributed by atoms with van der Waals surface area (Å²) in [5.74, 6) is -0.320. The summed E-state index contributed by atoms with van der Waals surface area (Å²) in [4.78, 5) is 11.2. The van der Waals surface area contributed by atoms with Crippen molar-refractivity contribution < 1.29 is 9.53 Å². The van der Waals surface area contributed by atoms with Crippen molar-refractivity contribution in [1.82, 2.24) is 0 Å². The number of carbonyl (C=O) groups is 1. The number of alkyl halides is 1. The molecule has 0 heterocycles. The Hall–Kier alpha value is -1.03. The van der Waals surface area contributed by atoms with Crippen molar-refractivity contribution in [2.75, 3.05) is 17.7 Å². The predicted molar refractivity (Wildman–Crippen MR) is 54.9 cm³/mol. The summed E-state index contributed by atoms with van der Waals surface area (Å²) >= 11 is 3.16. The lowest BCUT2D eigenvalue weighted by molar-refractivity contribution is 0.0531. The minimum Gasteiger partial charge on any atom is -0.461 e. The van der Waals surface area contributed by atoms with Crippen LogP contribution in [0.1, 0.15) is 10.4 Å². The van der Waals surface area contributed by atoms with E-state index < -0.39 is 0 Å². The highest BCUT2D eigenvalue weighted by Gasteiger charge is 2.04. The third-order valence-electron chi connectivity index (χ3n) is 1.46. The fraction of sp³-hybridized carbons (Fsp3) is 0.222. The van der Waals surface area contributed by atoms with Gasteiger partial charge in [0.25, 0.3) is 0 Å². The van der Waals surface area contributed by atoms with Crippen molar-refractivity contribution in [3.05, 3.63) is 29.8 Å². The van der Waals surface area contributed by atoms with Crippen molar-refractivity contribution in [2.45, 2.75) is 0 Å². The molecule has 70 valence electrons. The molecule has 0 amide bonds. The number of halogens is 1. The van der Waals surface area contributed by atoms with E-state index in [1.165, 1.54) is 0 Å². The van der Waals surface area contributed by atoms with Gasteiger partial charge in [-0.05, 0) is 24.3 Å². The largest absolute Gasteiger partial charge is 0.461 e. The predicted octanol–water partition coefficient (Wildman–Crippen LogP) is 1.82. The first kappa shape index (κ1) is 10.1. The molecule has 2 N–H and O–H groups in total. The minimum absolute atomic E-state index is 0.320. The van der Waals surface area contributed by atoms with E-state index >= 15 is 0 Å². The van der Waals surface area contributed by atoms with E-state index in [0.29, 0.717) is 23.2 Å². The third kappa shape index (κ3) is 3.06. The lowest BCUT2D eigenvalue weighted by Gasteiger charge is -2.02. The molecule has 1 aromatic rings. The second kappa shape index (κ2) is 4.87. The van der Waals surface area contributed by atoms with Gasteiger partial charge in [0, 0.05) is 11.0 Å². The Labute approximate surface area is 85.0 Å². The van der Waals surface area contributed by atoms with E-state index in [-0.39, 0.29) is 5.97 Å². The zero-order chi connectivity index (χ0) is 9.68. The van der Waals surface area contributed by atoms with Crippen molar-refractivity contribution in [2.24, 2.45) is 0 Å². The Balaban J connectivity index is 2.61. The Bertz CT molecular complexity index is 284. The molecule has 0 fully saturated rings. The van der Waals surface area contributed by atoms with Gasteiger partial charge in [0.15, 0.2) is 0 Å². The maximum Gasteiger partial charge on any atom is 0.338 e. The molecule has 0 saturated carbocycles. The van der Waals surface area contributed by atoms with Crippen LogP contribution in [0.5, 0.6) is 0 Å². The number of hydrogen-bond acceptors (Lipinski definition) is 3. The Morgan fingerprint density at radius 1 is 1.38 bits per heavy atom. The number of nitrogens with two attached hydrogens (primary N) is 1. The quantitative estimate of drug-likeness (QED) is 0.501. The number of ether oxygens (including phenoxy) is 1. The van der Waals surface area contributed by atoms with Gasteiger partial charge in [-0.15, -0.1) is 0 Å². The van der Waals surface area contributed by atoms with E-state index in [9.17, 15) is 4.79 Å². The number of anilines is 1. The van der Waals surface area contributed by atoms with Crippen LogP contribution in [0.2, 0.25) is 0 Å². The fourth-order valence-electron chi connectivity index (χ4n) is 0.834. The van der Waals surface area contributed by atoms with Gasteiger partial charge in [0.2, 0.25) is 0 Å². The van der Waals surface area contributed by atoms with Crippen LogP contribution in [0.25, 0.3) is 0 Å². The molecule has 1 rings (SSSR count). The summed E-state index contributed by atoms with van der Waals surface area (Å²) in [5.41, 5.74) is 6.63. The van der Waals surface area contributed by atoms with Crippen LogP contribution in [-0.4, -0.2) is 17.9 Å². The Morgan fingerprint density at radius 2 is 2.00 bits per heavy atom. The molecule has 0 bridgehead atoms. The lowest BCUT2D eigenvalue weighted by Crippen LogP contribution is -2.06. The molecule has 13 heavy (non-hydrogen) atoms. The standard InChI is InChI=1S/C9H10BrNO2/c10-5-6-13-9(12)7-1-3-8(11)4-2-7/h1-4H,5-6,11H2. The van der Waals surface area contributed by atoms with Gasteiger partial charge in [-0.3, -0.25) is 0 Å². The molecule has 0 radical (unpaired) electrons. The first-order valence-corrected chi connectivity index (χ1v) is 4.95. The van der Waals surface area contributed by atoms with Crippen LogP contribution in [0.4, 0.5) is 5.69 Å². The topological polar surface area (TPSA) is 52.3 Å². The lowest BCUT2D eigenvalue weighted by atomic mass is 10.2. The van der Waals surface area contributed by atoms with Crippen molar-refractivity contribution in [3.63, 3.8) is 0 Å². The molecule has 0 atom stereocenters. The Kier molecular flexibility index (Phi) is 3.76. The summed E-state index contributed by atoms with van der Waals surface area (Å²) in [6, 6.07) is 6.63. The number of hydrogen-bond donors (Lipinski definition) is 1. The molecule has 0 unspecified atom stereocenters. The van der Waals surface area contributed by atoms with Crippen LogP contribution in [0.3, 0.4) is 0 Å². The molecule has 0 aliphatic rings. The average Bonchev–Trinajstić information content (AvgIpc) is 2.15. The molecule has 0 aromatic heterocycles. The molecule has 0 aliphatic carbocycles. The highest BCUT2D eigenvalue weighted by molar-refractivity contribution is 9.09. The monoisotopic (exact) mass is 243 g/mol. The van der Waals surface area contributed by atoms with Crippen molar-refractivity contribution >= 4 is 27.6 Å². The third-order valence-corrected chi connectivity index (χ3v) is 1.78. The molecule has 0 saturated heterocycles. The summed E-state index contributed by atoms with van der Waals surface area (Å²) in [6.45, 7) is 0.378. The molecule has 0 spiro atoms. The van der Waals surface area contributed by atoms with Crippen LogP contribution in [-0.2, 0) is 4.74 Å². The normalized spacial score (nSPS) is 9.62. The maximum absolute atomic E-state index is 11.2. The molecule has 4 heteroatoms. The zero-order valence-electron chi connectivity index (χ0n) is 7.00. The Morgan fingerprint density at radius 3 is 2.54 bits per heavy atom. The summed E-state index contributed by atoms with van der Waals surface area (Å²) in [5, 5.41) is 0.647. The van der Waals surface area contributed by atoms with Gasteiger partial charge < -0.3 is 10.5 Å². The smallest absolute Gasteiger partial charge is 0.338 e. The number of carbonyl (C=O) groups excluding carboxylic acids is 1. The second-order valence-corrected chi connectivity index (χ2v) is 3.24. The highest BCUT2D eigenvalue weighted by Crippen LogP contribution is 2.06. The van der Waals surface area contributed by atoms with E-state index in [1.54, 1.807) is 24.3 Å². The molecular formula is C9H10BrNO2. The first-order valence-electron chi connectivity index (χ1n) is 3.82. The van der Waals surface area contributed by atoms with E-state index in [4.69, 9.17) is 10.5 Å². The number of esters is 1. The zero-order valence-corrected chi connectivity index (χ0v) is 8.58. The van der Waals surface area contributed by atoms with Gasteiger partial charge >= 0.3 is 5.97 Å². The van der Waals surface area contributed by atoms with Gasteiger partial charge in [-0.2, -0.15) is 0 Å².